The van der Waals surface area contributed by atoms with Crippen molar-refractivity contribution in [3.05, 3.63) is 95.4 Å². The maximum Gasteiger partial charge on any atom is 0.335 e. The molecule has 1 aliphatic rings. The van der Waals surface area contributed by atoms with Crippen LogP contribution in [0.1, 0.15) is 22.3 Å². The van der Waals surface area contributed by atoms with E-state index in [1.165, 1.54) is 12.1 Å². The minimum atomic E-state index is -0.789. The molecule has 0 unspecified atom stereocenters. The van der Waals surface area contributed by atoms with Crippen LogP contribution in [0.15, 0.2) is 60.2 Å². The van der Waals surface area contributed by atoms with Gasteiger partial charge in [-0.25, -0.2) is 14.1 Å². The Kier molecular flexibility index (Phi) is 7.55. The zero-order valence-electron chi connectivity index (χ0n) is 18.7. The molecular weight excluding hydrogens is 677 g/mol. The second-order valence-corrected chi connectivity index (χ2v) is 10.3. The van der Waals surface area contributed by atoms with Crippen LogP contribution in [-0.4, -0.2) is 17.8 Å². The van der Waals surface area contributed by atoms with E-state index in [2.05, 4.69) is 50.5 Å². The smallest absolute Gasteiger partial charge is 0.335 e. The number of hydrogen-bond donors (Lipinski definition) is 1. The molecule has 178 valence electrons. The van der Waals surface area contributed by atoms with Crippen molar-refractivity contribution in [3.63, 3.8) is 0 Å². The Hall–Kier alpha value is -2.80. The highest BCUT2D eigenvalue weighted by Crippen LogP contribution is 2.31. The maximum absolute atomic E-state index is 13.9. The third-order valence-electron chi connectivity index (χ3n) is 5.23. The first-order valence-electron chi connectivity index (χ1n) is 10.5. The predicted octanol–water partition coefficient (Wildman–Crippen LogP) is 5.90. The average Bonchev–Trinajstić information content (AvgIpc) is 2.76. The number of carbonyl (C=O) groups excluding carboxylic acids is 3. The fourth-order valence-electron chi connectivity index (χ4n) is 3.70. The minimum Gasteiger partial charge on any atom is -0.487 e. The molecular formula is C26H19FI2N2O4. The average molecular weight is 696 g/mol. The zero-order valence-corrected chi connectivity index (χ0v) is 23.0. The summed E-state index contributed by atoms with van der Waals surface area (Å²) in [6.07, 6.45) is 1.45. The molecule has 6 nitrogen and oxygen atoms in total. The fourth-order valence-corrected chi connectivity index (χ4v) is 5.83. The number of hydrogen-bond acceptors (Lipinski definition) is 4. The van der Waals surface area contributed by atoms with Crippen molar-refractivity contribution >= 4 is 74.8 Å². The Bertz CT molecular complexity index is 1360. The van der Waals surface area contributed by atoms with Crippen molar-refractivity contribution in [1.29, 1.82) is 0 Å². The molecule has 3 aromatic carbocycles. The summed E-state index contributed by atoms with van der Waals surface area (Å²) in [5, 5.41) is 2.25. The summed E-state index contributed by atoms with van der Waals surface area (Å²) in [6, 6.07) is 14.5. The number of barbiturate groups is 1. The van der Waals surface area contributed by atoms with Crippen LogP contribution in [-0.2, 0) is 16.2 Å². The van der Waals surface area contributed by atoms with Gasteiger partial charge in [-0.05, 0) is 112 Å². The van der Waals surface area contributed by atoms with Gasteiger partial charge in [-0.1, -0.05) is 24.3 Å². The van der Waals surface area contributed by atoms with Crippen LogP contribution in [0, 0.1) is 26.8 Å². The molecule has 0 spiro atoms. The molecule has 4 rings (SSSR count). The molecule has 0 aliphatic carbocycles. The molecule has 1 saturated heterocycles. The van der Waals surface area contributed by atoms with E-state index in [0.717, 1.165) is 23.2 Å². The summed E-state index contributed by atoms with van der Waals surface area (Å²) >= 11 is 4.18. The van der Waals surface area contributed by atoms with Gasteiger partial charge in [-0.2, -0.15) is 0 Å². The Balaban J connectivity index is 1.63. The number of aryl methyl sites for hydroxylation is 2. The lowest BCUT2D eigenvalue weighted by Gasteiger charge is -2.27. The van der Waals surface area contributed by atoms with Gasteiger partial charge in [0.1, 0.15) is 23.7 Å². The Morgan fingerprint density at radius 3 is 2.23 bits per heavy atom. The van der Waals surface area contributed by atoms with E-state index < -0.39 is 17.8 Å². The number of halogens is 3. The molecule has 1 fully saturated rings. The van der Waals surface area contributed by atoms with Crippen LogP contribution in [0.25, 0.3) is 6.08 Å². The molecule has 9 heteroatoms. The van der Waals surface area contributed by atoms with E-state index in [9.17, 15) is 18.8 Å². The van der Waals surface area contributed by atoms with Crippen LogP contribution in [0.4, 0.5) is 14.9 Å². The lowest BCUT2D eigenvalue weighted by molar-refractivity contribution is -0.122. The number of anilines is 1. The summed E-state index contributed by atoms with van der Waals surface area (Å²) < 4.78 is 21.2. The lowest BCUT2D eigenvalue weighted by Crippen LogP contribution is -2.54. The first kappa shape index (κ1) is 25.3. The summed E-state index contributed by atoms with van der Waals surface area (Å²) in [5.41, 5.74) is 3.03. The molecule has 0 radical (unpaired) electrons. The topological polar surface area (TPSA) is 75.7 Å². The van der Waals surface area contributed by atoms with Crippen molar-refractivity contribution in [2.24, 2.45) is 0 Å². The third-order valence-corrected chi connectivity index (χ3v) is 6.83. The van der Waals surface area contributed by atoms with E-state index in [1.807, 2.05) is 19.9 Å². The number of nitrogens with zero attached hydrogens (tertiary/aromatic N) is 1. The molecule has 3 aromatic rings. The Morgan fingerprint density at radius 1 is 0.971 bits per heavy atom. The highest BCUT2D eigenvalue weighted by atomic mass is 127. The number of carbonyl (C=O) groups is 3. The largest absolute Gasteiger partial charge is 0.487 e. The SMILES string of the molecule is Cc1cc(C)cc(N2C(=O)NC(=O)/C(=C\c3cc(I)c(OCc4ccccc4F)c(I)c3)C2=O)c1. The van der Waals surface area contributed by atoms with Gasteiger partial charge in [0.15, 0.2) is 0 Å². The third kappa shape index (κ3) is 5.56. The summed E-state index contributed by atoms with van der Waals surface area (Å²) in [6.45, 7) is 3.79. The predicted molar refractivity (Wildman–Crippen MR) is 148 cm³/mol. The second kappa shape index (κ2) is 10.4. The van der Waals surface area contributed by atoms with Crippen molar-refractivity contribution < 1.29 is 23.5 Å². The van der Waals surface area contributed by atoms with Crippen LogP contribution in [0.3, 0.4) is 0 Å². The van der Waals surface area contributed by atoms with Gasteiger partial charge in [0.05, 0.1) is 12.8 Å². The van der Waals surface area contributed by atoms with Crippen LogP contribution in [0.2, 0.25) is 0 Å². The van der Waals surface area contributed by atoms with Crippen LogP contribution < -0.4 is 15.0 Å². The number of nitrogens with one attached hydrogen (secondary N) is 1. The first-order valence-corrected chi connectivity index (χ1v) is 12.6. The molecule has 0 bridgehead atoms. The van der Waals surface area contributed by atoms with Crippen LogP contribution in [0.5, 0.6) is 5.75 Å². The van der Waals surface area contributed by atoms with E-state index in [4.69, 9.17) is 4.74 Å². The van der Waals surface area contributed by atoms with Gasteiger partial charge in [-0.15, -0.1) is 0 Å². The van der Waals surface area contributed by atoms with Crippen molar-refractivity contribution in [1.82, 2.24) is 5.32 Å². The standard InChI is InChI=1S/C26H19FI2N2O4/c1-14-7-15(2)9-18(8-14)31-25(33)19(24(32)30-26(31)34)10-16-11-21(28)23(22(29)12-16)35-13-17-5-3-4-6-20(17)27/h3-12H,13H2,1-2H3,(H,30,32,34)/b19-10+. The van der Waals surface area contributed by atoms with Crippen LogP contribution >= 0.6 is 45.2 Å². The number of urea groups is 1. The number of imide groups is 2. The van der Waals surface area contributed by atoms with Gasteiger partial charge in [0.25, 0.3) is 11.8 Å². The van der Waals surface area contributed by atoms with E-state index in [0.29, 0.717) is 22.6 Å². The molecule has 1 heterocycles. The van der Waals surface area contributed by atoms with E-state index in [-0.39, 0.29) is 18.0 Å². The number of amides is 4. The van der Waals surface area contributed by atoms with Crippen molar-refractivity contribution in [2.45, 2.75) is 20.5 Å². The fraction of sp³-hybridized carbons (Fsp3) is 0.115. The zero-order chi connectivity index (χ0) is 25.3. The summed E-state index contributed by atoms with van der Waals surface area (Å²) in [4.78, 5) is 39.2. The number of ether oxygens (including phenoxy) is 1. The first-order chi connectivity index (χ1) is 16.6. The molecule has 1 N–H and O–H groups in total. The normalized spacial score (nSPS) is 14.9. The Labute approximate surface area is 228 Å². The summed E-state index contributed by atoms with van der Waals surface area (Å²) in [5.74, 6) is -1.23. The molecule has 4 amide bonds. The number of benzene rings is 3. The Morgan fingerprint density at radius 2 is 1.60 bits per heavy atom. The molecule has 35 heavy (non-hydrogen) atoms. The van der Waals surface area contributed by atoms with Gasteiger partial charge >= 0.3 is 6.03 Å². The highest BCUT2D eigenvalue weighted by Gasteiger charge is 2.37. The second-order valence-electron chi connectivity index (χ2n) is 8.00. The molecule has 1 aliphatic heterocycles. The minimum absolute atomic E-state index is 0.0625. The van der Waals surface area contributed by atoms with Gasteiger partial charge in [0.2, 0.25) is 0 Å². The van der Waals surface area contributed by atoms with Crippen molar-refractivity contribution in [3.8, 4) is 5.75 Å². The number of rotatable bonds is 5. The van der Waals surface area contributed by atoms with Gasteiger partial charge in [-0.3, -0.25) is 14.9 Å². The maximum atomic E-state index is 13.9. The van der Waals surface area contributed by atoms with Crippen molar-refractivity contribution in [2.75, 3.05) is 4.90 Å². The van der Waals surface area contributed by atoms with Gasteiger partial charge < -0.3 is 4.74 Å². The monoisotopic (exact) mass is 696 g/mol. The summed E-state index contributed by atoms with van der Waals surface area (Å²) in [7, 11) is 0. The van der Waals surface area contributed by atoms with Gasteiger partial charge in [0, 0.05) is 5.56 Å². The lowest BCUT2D eigenvalue weighted by atomic mass is 10.1. The highest BCUT2D eigenvalue weighted by molar-refractivity contribution is 14.1. The molecule has 0 saturated carbocycles. The quantitative estimate of drug-likeness (QED) is 0.205. The molecule has 0 atom stereocenters. The molecule has 0 aromatic heterocycles. The van der Waals surface area contributed by atoms with E-state index in [1.54, 1.807) is 42.5 Å². The van der Waals surface area contributed by atoms with E-state index >= 15 is 0 Å².